The number of carbonyl (C=O) groups excluding carboxylic acids is 1. The Kier molecular flexibility index (Phi) is 5.73. The van der Waals surface area contributed by atoms with E-state index in [1.54, 1.807) is 25.1 Å². The van der Waals surface area contributed by atoms with Gasteiger partial charge in [0.25, 0.3) is 5.91 Å². The van der Waals surface area contributed by atoms with E-state index >= 15 is 0 Å². The fourth-order valence-electron chi connectivity index (χ4n) is 3.34. The zero-order valence-corrected chi connectivity index (χ0v) is 16.8. The lowest BCUT2D eigenvalue weighted by molar-refractivity contribution is -0.137. The first-order valence-corrected chi connectivity index (χ1v) is 10.5. The van der Waals surface area contributed by atoms with Crippen molar-refractivity contribution in [2.24, 2.45) is 0 Å². The molecule has 1 saturated heterocycles. The topological polar surface area (TPSA) is 57.7 Å². The Morgan fingerprint density at radius 2 is 1.52 bits per heavy atom. The van der Waals surface area contributed by atoms with Gasteiger partial charge in [0.15, 0.2) is 0 Å². The first kappa shape index (κ1) is 21.3. The Balaban J connectivity index is 1.69. The van der Waals surface area contributed by atoms with Gasteiger partial charge in [-0.25, -0.2) is 8.42 Å². The van der Waals surface area contributed by atoms with Crippen molar-refractivity contribution >= 4 is 15.9 Å². The van der Waals surface area contributed by atoms with Crippen LogP contribution in [-0.4, -0.2) is 49.7 Å². The lowest BCUT2D eigenvalue weighted by Crippen LogP contribution is -2.50. The van der Waals surface area contributed by atoms with E-state index in [0.717, 1.165) is 29.8 Å². The van der Waals surface area contributed by atoms with Crippen LogP contribution in [0, 0.1) is 13.8 Å². The van der Waals surface area contributed by atoms with Gasteiger partial charge in [-0.15, -0.1) is 0 Å². The van der Waals surface area contributed by atoms with E-state index in [4.69, 9.17) is 0 Å². The maximum Gasteiger partial charge on any atom is 0.416 e. The number of alkyl halides is 3. The van der Waals surface area contributed by atoms with E-state index < -0.39 is 27.7 Å². The van der Waals surface area contributed by atoms with Crippen LogP contribution in [0.2, 0.25) is 0 Å². The summed E-state index contributed by atoms with van der Waals surface area (Å²) >= 11 is 0. The maximum absolute atomic E-state index is 12.9. The molecule has 0 N–H and O–H groups in total. The van der Waals surface area contributed by atoms with Crippen LogP contribution in [0.15, 0.2) is 47.4 Å². The summed E-state index contributed by atoms with van der Waals surface area (Å²) in [6, 6.07) is 9.15. The fourth-order valence-corrected chi connectivity index (χ4v) is 4.97. The van der Waals surface area contributed by atoms with Crippen LogP contribution in [0.5, 0.6) is 0 Å². The molecule has 1 amide bonds. The monoisotopic (exact) mass is 426 g/mol. The molecule has 0 radical (unpaired) electrons. The van der Waals surface area contributed by atoms with Crippen LogP contribution >= 0.6 is 0 Å². The number of amides is 1. The van der Waals surface area contributed by atoms with Gasteiger partial charge in [0.2, 0.25) is 10.0 Å². The quantitative estimate of drug-likeness (QED) is 0.755. The molecule has 1 aliphatic heterocycles. The molecule has 0 aromatic heterocycles. The molecule has 1 heterocycles. The summed E-state index contributed by atoms with van der Waals surface area (Å²) in [7, 11) is -3.67. The van der Waals surface area contributed by atoms with E-state index in [-0.39, 0.29) is 36.6 Å². The first-order chi connectivity index (χ1) is 13.5. The lowest BCUT2D eigenvalue weighted by atomic mass is 10.1. The molecule has 5 nitrogen and oxygen atoms in total. The molecule has 3 rings (SSSR count). The van der Waals surface area contributed by atoms with Crippen molar-refractivity contribution in [2.45, 2.75) is 24.9 Å². The highest BCUT2D eigenvalue weighted by Crippen LogP contribution is 2.29. The third kappa shape index (κ3) is 4.45. The third-order valence-corrected chi connectivity index (χ3v) is 6.99. The standard InChI is InChI=1S/C20H21F3N2O3S/c1-14-3-8-18(15(2)13-14)29(27,28)25-11-9-24(10-12-25)19(26)16-4-6-17(7-5-16)20(21,22)23/h3-8,13H,9-12H2,1-2H3. The Morgan fingerprint density at radius 1 is 0.931 bits per heavy atom. The van der Waals surface area contributed by atoms with Crippen molar-refractivity contribution in [3.8, 4) is 0 Å². The highest BCUT2D eigenvalue weighted by Gasteiger charge is 2.33. The number of rotatable bonds is 3. The van der Waals surface area contributed by atoms with Crippen molar-refractivity contribution in [3.05, 3.63) is 64.7 Å². The van der Waals surface area contributed by atoms with Crippen molar-refractivity contribution in [1.29, 1.82) is 0 Å². The largest absolute Gasteiger partial charge is 0.416 e. The summed E-state index contributed by atoms with van der Waals surface area (Å²) in [5, 5.41) is 0. The zero-order chi connectivity index (χ0) is 21.4. The van der Waals surface area contributed by atoms with Crippen molar-refractivity contribution < 1.29 is 26.4 Å². The average Bonchev–Trinajstić information content (AvgIpc) is 2.66. The lowest BCUT2D eigenvalue weighted by Gasteiger charge is -2.34. The van der Waals surface area contributed by atoms with Crippen LogP contribution in [0.3, 0.4) is 0 Å². The number of hydrogen-bond donors (Lipinski definition) is 0. The van der Waals surface area contributed by atoms with E-state index in [1.807, 2.05) is 6.92 Å². The third-order valence-electron chi connectivity index (χ3n) is 4.93. The Morgan fingerprint density at radius 3 is 2.03 bits per heavy atom. The second-order valence-corrected chi connectivity index (χ2v) is 8.95. The summed E-state index contributed by atoms with van der Waals surface area (Å²) in [4.78, 5) is 14.3. The van der Waals surface area contributed by atoms with Gasteiger partial charge in [-0.3, -0.25) is 4.79 Å². The average molecular weight is 426 g/mol. The second kappa shape index (κ2) is 7.79. The molecule has 2 aromatic carbocycles. The number of aryl methyl sites for hydroxylation is 2. The minimum atomic E-state index is -4.46. The van der Waals surface area contributed by atoms with Gasteiger partial charge in [0, 0.05) is 31.7 Å². The van der Waals surface area contributed by atoms with Gasteiger partial charge in [0.1, 0.15) is 0 Å². The van der Waals surface area contributed by atoms with Crippen LogP contribution in [-0.2, 0) is 16.2 Å². The normalized spacial score (nSPS) is 16.1. The van der Waals surface area contributed by atoms with Crippen LogP contribution in [0.25, 0.3) is 0 Å². The highest BCUT2D eigenvalue weighted by atomic mass is 32.2. The summed E-state index contributed by atoms with van der Waals surface area (Å²) in [6.45, 7) is 4.22. The van der Waals surface area contributed by atoms with Crippen LogP contribution < -0.4 is 0 Å². The summed E-state index contributed by atoms with van der Waals surface area (Å²) < 4.78 is 65.1. The number of sulfonamides is 1. The second-order valence-electron chi connectivity index (χ2n) is 7.04. The predicted octanol–water partition coefficient (Wildman–Crippen LogP) is 3.47. The molecule has 0 aliphatic carbocycles. The number of benzene rings is 2. The van der Waals surface area contributed by atoms with Gasteiger partial charge < -0.3 is 4.90 Å². The van der Waals surface area contributed by atoms with Gasteiger partial charge >= 0.3 is 6.18 Å². The summed E-state index contributed by atoms with van der Waals surface area (Å²) in [5.41, 5.74) is 0.948. The van der Waals surface area contributed by atoms with E-state index in [2.05, 4.69) is 0 Å². The van der Waals surface area contributed by atoms with E-state index in [0.29, 0.717) is 5.56 Å². The molecule has 2 aromatic rings. The molecule has 9 heteroatoms. The zero-order valence-electron chi connectivity index (χ0n) is 16.0. The SMILES string of the molecule is Cc1ccc(S(=O)(=O)N2CCN(C(=O)c3ccc(C(F)(F)F)cc3)CC2)c(C)c1. The number of piperazine rings is 1. The molecule has 156 valence electrons. The van der Waals surface area contributed by atoms with Crippen molar-refractivity contribution in [1.82, 2.24) is 9.21 Å². The van der Waals surface area contributed by atoms with Gasteiger partial charge in [-0.1, -0.05) is 17.7 Å². The minimum absolute atomic E-state index is 0.127. The molecular formula is C20H21F3N2O3S. The number of nitrogens with zero attached hydrogens (tertiary/aromatic N) is 2. The molecule has 0 bridgehead atoms. The maximum atomic E-state index is 12.9. The highest BCUT2D eigenvalue weighted by molar-refractivity contribution is 7.89. The van der Waals surface area contributed by atoms with Crippen LogP contribution in [0.4, 0.5) is 13.2 Å². The van der Waals surface area contributed by atoms with Crippen molar-refractivity contribution in [2.75, 3.05) is 26.2 Å². The number of hydrogen-bond acceptors (Lipinski definition) is 3. The van der Waals surface area contributed by atoms with Gasteiger partial charge in [-0.2, -0.15) is 17.5 Å². The predicted molar refractivity (Wildman–Crippen MR) is 102 cm³/mol. The summed E-state index contributed by atoms with van der Waals surface area (Å²) in [6.07, 6.45) is -4.46. The minimum Gasteiger partial charge on any atom is -0.336 e. The van der Waals surface area contributed by atoms with Gasteiger partial charge in [0.05, 0.1) is 10.5 Å². The molecule has 29 heavy (non-hydrogen) atoms. The summed E-state index contributed by atoms with van der Waals surface area (Å²) in [5.74, 6) is -0.415. The Bertz CT molecular complexity index is 1010. The van der Waals surface area contributed by atoms with Crippen molar-refractivity contribution in [3.63, 3.8) is 0 Å². The smallest absolute Gasteiger partial charge is 0.336 e. The molecular weight excluding hydrogens is 405 g/mol. The van der Waals surface area contributed by atoms with E-state index in [9.17, 15) is 26.4 Å². The first-order valence-electron chi connectivity index (χ1n) is 9.04. The number of halogens is 3. The molecule has 0 atom stereocenters. The number of carbonyl (C=O) groups is 1. The van der Waals surface area contributed by atoms with E-state index in [1.165, 1.54) is 9.21 Å². The fraction of sp³-hybridized carbons (Fsp3) is 0.350. The Hall–Kier alpha value is -2.39. The molecule has 0 spiro atoms. The molecule has 1 aliphatic rings. The molecule has 0 unspecified atom stereocenters. The van der Waals surface area contributed by atoms with Gasteiger partial charge in [-0.05, 0) is 49.7 Å². The molecule has 1 fully saturated rings. The van der Waals surface area contributed by atoms with Crippen LogP contribution in [0.1, 0.15) is 27.0 Å². The Labute approximate surface area is 167 Å². The molecule has 0 saturated carbocycles.